The Morgan fingerprint density at radius 3 is 2.56 bits per heavy atom. The summed E-state index contributed by atoms with van der Waals surface area (Å²) in [5, 5.41) is 0. The molecule has 2 rings (SSSR count). The van der Waals surface area contributed by atoms with Crippen molar-refractivity contribution >= 4 is 0 Å². The molecule has 0 bridgehead atoms. The zero-order chi connectivity index (χ0) is 13.2. The zero-order valence-corrected chi connectivity index (χ0v) is 11.6. The summed E-state index contributed by atoms with van der Waals surface area (Å²) < 4.78 is 19.9. The third kappa shape index (κ3) is 2.85. The van der Waals surface area contributed by atoms with Gasteiger partial charge in [-0.2, -0.15) is 0 Å². The van der Waals surface area contributed by atoms with Gasteiger partial charge < -0.3 is 4.74 Å². The van der Waals surface area contributed by atoms with Gasteiger partial charge in [0.05, 0.1) is 0 Å². The SMILES string of the molecule is CCC(C)c1ccc(OC2(C)CCCC2)c(F)c1. The third-order valence-electron chi connectivity index (χ3n) is 4.15. The second-order valence-electron chi connectivity index (χ2n) is 5.76. The number of hydrogen-bond acceptors (Lipinski definition) is 1. The molecule has 1 saturated carbocycles. The second-order valence-corrected chi connectivity index (χ2v) is 5.76. The van der Waals surface area contributed by atoms with Crippen molar-refractivity contribution in [3.8, 4) is 5.75 Å². The Morgan fingerprint density at radius 1 is 1.33 bits per heavy atom. The van der Waals surface area contributed by atoms with Crippen molar-refractivity contribution in [1.29, 1.82) is 0 Å². The van der Waals surface area contributed by atoms with Crippen molar-refractivity contribution < 1.29 is 9.13 Å². The summed E-state index contributed by atoms with van der Waals surface area (Å²) in [5.74, 6) is 0.586. The fourth-order valence-electron chi connectivity index (χ4n) is 2.63. The van der Waals surface area contributed by atoms with Crippen LogP contribution in [0.25, 0.3) is 0 Å². The molecule has 100 valence electrons. The lowest BCUT2D eigenvalue weighted by atomic mass is 9.98. The molecule has 1 aromatic carbocycles. The average Bonchev–Trinajstić information content (AvgIpc) is 2.77. The van der Waals surface area contributed by atoms with Crippen LogP contribution in [0.2, 0.25) is 0 Å². The molecule has 0 aromatic heterocycles. The van der Waals surface area contributed by atoms with Gasteiger partial charge in [0.15, 0.2) is 11.6 Å². The fraction of sp³-hybridized carbons (Fsp3) is 0.625. The van der Waals surface area contributed by atoms with E-state index in [0.717, 1.165) is 24.8 Å². The summed E-state index contributed by atoms with van der Waals surface area (Å²) in [6, 6.07) is 5.41. The minimum atomic E-state index is -0.221. The van der Waals surface area contributed by atoms with Gasteiger partial charge in [-0.05, 0) is 62.6 Å². The molecular weight excluding hydrogens is 227 g/mol. The number of rotatable bonds is 4. The molecule has 0 saturated heterocycles. The first kappa shape index (κ1) is 13.4. The highest BCUT2D eigenvalue weighted by molar-refractivity contribution is 5.31. The standard InChI is InChI=1S/C16H23FO/c1-4-12(2)13-7-8-15(14(17)11-13)18-16(3)9-5-6-10-16/h7-8,11-12H,4-6,9-10H2,1-3H3. The molecule has 0 heterocycles. The largest absolute Gasteiger partial charge is 0.485 e. The first-order valence-corrected chi connectivity index (χ1v) is 7.02. The minimum Gasteiger partial charge on any atom is -0.485 e. The lowest BCUT2D eigenvalue weighted by Gasteiger charge is -2.26. The van der Waals surface area contributed by atoms with Crippen molar-refractivity contribution in [2.45, 2.75) is 64.4 Å². The summed E-state index contributed by atoms with van der Waals surface area (Å²) in [5.41, 5.74) is 0.887. The minimum absolute atomic E-state index is 0.168. The highest BCUT2D eigenvalue weighted by atomic mass is 19.1. The van der Waals surface area contributed by atoms with Gasteiger partial charge in [-0.15, -0.1) is 0 Å². The Labute approximate surface area is 109 Å². The highest BCUT2D eigenvalue weighted by Gasteiger charge is 2.31. The maximum Gasteiger partial charge on any atom is 0.165 e. The topological polar surface area (TPSA) is 9.23 Å². The van der Waals surface area contributed by atoms with Gasteiger partial charge in [0.1, 0.15) is 5.60 Å². The van der Waals surface area contributed by atoms with Crippen LogP contribution < -0.4 is 4.74 Å². The van der Waals surface area contributed by atoms with Crippen molar-refractivity contribution in [2.24, 2.45) is 0 Å². The first-order chi connectivity index (χ1) is 8.54. The van der Waals surface area contributed by atoms with E-state index in [1.54, 1.807) is 12.1 Å². The maximum atomic E-state index is 14.0. The van der Waals surface area contributed by atoms with Gasteiger partial charge in [0.25, 0.3) is 0 Å². The lowest BCUT2D eigenvalue weighted by Crippen LogP contribution is -2.28. The number of ether oxygens (including phenoxy) is 1. The van der Waals surface area contributed by atoms with Gasteiger partial charge in [0.2, 0.25) is 0 Å². The quantitative estimate of drug-likeness (QED) is 0.726. The predicted molar refractivity (Wildman–Crippen MR) is 72.6 cm³/mol. The molecule has 0 amide bonds. The molecule has 1 aromatic rings. The van der Waals surface area contributed by atoms with Crippen molar-refractivity contribution in [1.82, 2.24) is 0 Å². The van der Waals surface area contributed by atoms with E-state index in [2.05, 4.69) is 20.8 Å². The van der Waals surface area contributed by atoms with E-state index in [9.17, 15) is 4.39 Å². The Morgan fingerprint density at radius 2 is 2.00 bits per heavy atom. The molecule has 1 unspecified atom stereocenters. The van der Waals surface area contributed by atoms with E-state index < -0.39 is 0 Å². The Kier molecular flexibility index (Phi) is 3.94. The van der Waals surface area contributed by atoms with Crippen LogP contribution in [-0.4, -0.2) is 5.60 Å². The smallest absolute Gasteiger partial charge is 0.165 e. The zero-order valence-electron chi connectivity index (χ0n) is 11.6. The molecule has 0 N–H and O–H groups in total. The molecule has 18 heavy (non-hydrogen) atoms. The van der Waals surface area contributed by atoms with E-state index in [1.807, 2.05) is 6.07 Å². The number of halogens is 1. The Bertz CT molecular complexity index is 408. The summed E-state index contributed by atoms with van der Waals surface area (Å²) in [6.45, 7) is 6.32. The monoisotopic (exact) mass is 250 g/mol. The van der Waals surface area contributed by atoms with Crippen molar-refractivity contribution in [2.75, 3.05) is 0 Å². The first-order valence-electron chi connectivity index (χ1n) is 7.02. The summed E-state index contributed by atoms with van der Waals surface area (Å²) in [4.78, 5) is 0. The Balaban J connectivity index is 2.14. The van der Waals surface area contributed by atoms with Crippen LogP contribution in [-0.2, 0) is 0 Å². The summed E-state index contributed by atoms with van der Waals surface area (Å²) in [6.07, 6.45) is 5.45. The van der Waals surface area contributed by atoms with Crippen LogP contribution in [0, 0.1) is 5.82 Å². The molecule has 1 nitrogen and oxygen atoms in total. The molecule has 1 atom stereocenters. The van der Waals surface area contributed by atoms with Crippen molar-refractivity contribution in [3.63, 3.8) is 0 Å². The van der Waals surface area contributed by atoms with Crippen LogP contribution in [0.5, 0.6) is 5.75 Å². The van der Waals surface area contributed by atoms with E-state index >= 15 is 0 Å². The normalized spacial score (nSPS) is 19.8. The molecule has 0 aliphatic heterocycles. The second kappa shape index (κ2) is 5.29. The number of benzene rings is 1. The lowest BCUT2D eigenvalue weighted by molar-refractivity contribution is 0.0913. The predicted octanol–water partition coefficient (Wildman–Crippen LogP) is 5.05. The number of hydrogen-bond donors (Lipinski definition) is 0. The van der Waals surface area contributed by atoms with Gasteiger partial charge >= 0.3 is 0 Å². The van der Waals surface area contributed by atoms with E-state index in [-0.39, 0.29) is 11.4 Å². The summed E-state index contributed by atoms with van der Waals surface area (Å²) >= 11 is 0. The molecule has 1 aliphatic carbocycles. The van der Waals surface area contributed by atoms with Gasteiger partial charge in [0, 0.05) is 0 Å². The Hall–Kier alpha value is -1.05. The fourth-order valence-corrected chi connectivity index (χ4v) is 2.63. The molecule has 0 radical (unpaired) electrons. The van der Waals surface area contributed by atoms with Gasteiger partial charge in [-0.1, -0.05) is 19.9 Å². The highest BCUT2D eigenvalue weighted by Crippen LogP contribution is 2.35. The van der Waals surface area contributed by atoms with Crippen LogP contribution in [0.3, 0.4) is 0 Å². The van der Waals surface area contributed by atoms with Crippen molar-refractivity contribution in [3.05, 3.63) is 29.6 Å². The summed E-state index contributed by atoms with van der Waals surface area (Å²) in [7, 11) is 0. The molecule has 1 fully saturated rings. The van der Waals surface area contributed by atoms with Crippen LogP contribution in [0.15, 0.2) is 18.2 Å². The van der Waals surface area contributed by atoms with E-state index in [1.165, 1.54) is 12.8 Å². The molecule has 1 aliphatic rings. The molecule has 0 spiro atoms. The average molecular weight is 250 g/mol. The maximum absolute atomic E-state index is 14.0. The van der Waals surface area contributed by atoms with Crippen LogP contribution >= 0.6 is 0 Å². The van der Waals surface area contributed by atoms with Gasteiger partial charge in [-0.3, -0.25) is 0 Å². The van der Waals surface area contributed by atoms with Crippen LogP contribution in [0.1, 0.15) is 64.4 Å². The van der Waals surface area contributed by atoms with Crippen LogP contribution in [0.4, 0.5) is 4.39 Å². The molecular formula is C16H23FO. The third-order valence-corrected chi connectivity index (χ3v) is 4.15. The molecule has 2 heteroatoms. The van der Waals surface area contributed by atoms with E-state index in [4.69, 9.17) is 4.74 Å². The van der Waals surface area contributed by atoms with Gasteiger partial charge in [-0.25, -0.2) is 4.39 Å². The van der Waals surface area contributed by atoms with E-state index in [0.29, 0.717) is 11.7 Å².